The van der Waals surface area contributed by atoms with Gasteiger partial charge in [-0.15, -0.1) is 0 Å². The first-order chi connectivity index (χ1) is 14.3. The van der Waals surface area contributed by atoms with E-state index in [1.54, 1.807) is 12.1 Å². The van der Waals surface area contributed by atoms with Crippen molar-refractivity contribution in [3.05, 3.63) is 70.4 Å². The Bertz CT molecular complexity index is 1050. The fourth-order valence-corrected chi connectivity index (χ4v) is 5.17. The van der Waals surface area contributed by atoms with Crippen LogP contribution in [0.3, 0.4) is 0 Å². The number of carboxylic acids is 1. The van der Waals surface area contributed by atoms with E-state index in [1.807, 2.05) is 18.3 Å². The maximum Gasteiger partial charge on any atom is 0.335 e. The maximum atomic E-state index is 11.3. The molecule has 4 heteroatoms. The average Bonchev–Trinajstić information content (AvgIpc) is 3.21. The summed E-state index contributed by atoms with van der Waals surface area (Å²) in [6.07, 6.45) is 4.25. The second-order valence-corrected chi connectivity index (χ2v) is 9.13. The quantitative estimate of drug-likeness (QED) is 0.587. The highest BCUT2D eigenvalue weighted by Gasteiger charge is 2.32. The van der Waals surface area contributed by atoms with Gasteiger partial charge in [0.2, 0.25) is 0 Å². The second kappa shape index (κ2) is 8.27. The number of nitrogens with zero attached hydrogens (tertiary/aromatic N) is 1. The molecule has 0 spiro atoms. The standard InChI is InChI=1S/C26H32N2O2/c1-16(2)28-12-10-21(24(15-28)19-5-7-20(8-6-19)26(29)30)14-23-17(3)13-18(4)25-22(23)9-11-27-25/h5-9,11,13,16,21,24,27H,10,12,14-15H2,1-4H3,(H,29,30). The summed E-state index contributed by atoms with van der Waals surface area (Å²) in [7, 11) is 0. The van der Waals surface area contributed by atoms with Gasteiger partial charge in [0.25, 0.3) is 0 Å². The van der Waals surface area contributed by atoms with E-state index in [-0.39, 0.29) is 0 Å². The van der Waals surface area contributed by atoms with Gasteiger partial charge in [0.05, 0.1) is 5.56 Å². The lowest BCUT2D eigenvalue weighted by Crippen LogP contribution is -2.43. The summed E-state index contributed by atoms with van der Waals surface area (Å²) in [6, 6.07) is 12.6. The lowest BCUT2D eigenvalue weighted by atomic mass is 9.76. The number of aromatic nitrogens is 1. The predicted molar refractivity (Wildman–Crippen MR) is 122 cm³/mol. The largest absolute Gasteiger partial charge is 0.478 e. The van der Waals surface area contributed by atoms with E-state index in [2.05, 4.69) is 49.7 Å². The highest BCUT2D eigenvalue weighted by atomic mass is 16.4. The highest BCUT2D eigenvalue weighted by molar-refractivity contribution is 5.88. The van der Waals surface area contributed by atoms with E-state index in [1.165, 1.54) is 33.2 Å². The number of carbonyl (C=O) groups is 1. The number of carboxylic acid groups (broad SMARTS) is 1. The Kier molecular flexibility index (Phi) is 5.70. The third kappa shape index (κ3) is 3.89. The second-order valence-electron chi connectivity index (χ2n) is 9.13. The number of aryl methyl sites for hydroxylation is 2. The fourth-order valence-electron chi connectivity index (χ4n) is 5.17. The van der Waals surface area contributed by atoms with Gasteiger partial charge in [-0.3, -0.25) is 0 Å². The van der Waals surface area contributed by atoms with Gasteiger partial charge in [-0.05, 0) is 99.4 Å². The topological polar surface area (TPSA) is 56.3 Å². The zero-order chi connectivity index (χ0) is 21.4. The molecule has 1 aliphatic rings. The number of rotatable bonds is 5. The van der Waals surface area contributed by atoms with Crippen molar-refractivity contribution in [3.8, 4) is 0 Å². The van der Waals surface area contributed by atoms with Crippen molar-refractivity contribution in [2.45, 2.75) is 52.5 Å². The molecule has 0 radical (unpaired) electrons. The van der Waals surface area contributed by atoms with Gasteiger partial charge in [0, 0.05) is 29.7 Å². The molecule has 4 nitrogen and oxygen atoms in total. The van der Waals surface area contributed by atoms with Crippen LogP contribution in [0.5, 0.6) is 0 Å². The van der Waals surface area contributed by atoms with Crippen molar-refractivity contribution < 1.29 is 9.90 Å². The molecule has 2 aromatic carbocycles. The molecule has 0 bridgehead atoms. The minimum atomic E-state index is -0.865. The molecule has 1 saturated heterocycles. The fraction of sp³-hybridized carbons (Fsp3) is 0.423. The van der Waals surface area contributed by atoms with E-state index < -0.39 is 5.97 Å². The smallest absolute Gasteiger partial charge is 0.335 e. The predicted octanol–water partition coefficient (Wildman–Crippen LogP) is 5.54. The first kappa shape index (κ1) is 20.7. The number of likely N-dealkylation sites (tertiary alicyclic amines) is 1. The molecule has 2 N–H and O–H groups in total. The molecule has 0 amide bonds. The third-order valence-corrected chi connectivity index (χ3v) is 6.95. The van der Waals surface area contributed by atoms with Gasteiger partial charge < -0.3 is 15.0 Å². The van der Waals surface area contributed by atoms with Crippen molar-refractivity contribution in [1.82, 2.24) is 9.88 Å². The molecule has 30 heavy (non-hydrogen) atoms. The van der Waals surface area contributed by atoms with Crippen LogP contribution in [0.25, 0.3) is 10.9 Å². The lowest BCUT2D eigenvalue weighted by Gasteiger charge is -2.41. The Morgan fingerprint density at radius 2 is 1.90 bits per heavy atom. The van der Waals surface area contributed by atoms with Crippen LogP contribution < -0.4 is 0 Å². The van der Waals surface area contributed by atoms with E-state index in [0.29, 0.717) is 23.4 Å². The van der Waals surface area contributed by atoms with Gasteiger partial charge in [-0.2, -0.15) is 0 Å². The Balaban J connectivity index is 1.68. The summed E-state index contributed by atoms with van der Waals surface area (Å²) in [4.78, 5) is 17.3. The number of piperidine rings is 1. The highest BCUT2D eigenvalue weighted by Crippen LogP contribution is 2.38. The zero-order valence-electron chi connectivity index (χ0n) is 18.4. The third-order valence-electron chi connectivity index (χ3n) is 6.95. The Labute approximate surface area is 178 Å². The zero-order valence-corrected chi connectivity index (χ0v) is 18.4. The number of aromatic carboxylic acids is 1. The molecule has 1 aliphatic heterocycles. The molecule has 1 aromatic heterocycles. The number of nitrogens with one attached hydrogen (secondary N) is 1. The molecule has 0 aliphatic carbocycles. The van der Waals surface area contributed by atoms with Crippen molar-refractivity contribution in [1.29, 1.82) is 0 Å². The number of aromatic amines is 1. The van der Waals surface area contributed by atoms with Crippen LogP contribution in [-0.2, 0) is 6.42 Å². The summed E-state index contributed by atoms with van der Waals surface area (Å²) >= 11 is 0. The number of hydrogen-bond donors (Lipinski definition) is 2. The van der Waals surface area contributed by atoms with Crippen molar-refractivity contribution in [3.63, 3.8) is 0 Å². The Morgan fingerprint density at radius 3 is 2.57 bits per heavy atom. The molecule has 2 heterocycles. The molecule has 4 rings (SSSR count). The van der Waals surface area contributed by atoms with Gasteiger partial charge in [0.15, 0.2) is 0 Å². The molecule has 0 saturated carbocycles. The summed E-state index contributed by atoms with van der Waals surface area (Å²) in [5.74, 6) is 0.0737. The summed E-state index contributed by atoms with van der Waals surface area (Å²) in [6.45, 7) is 11.1. The number of H-pyrrole nitrogens is 1. The summed E-state index contributed by atoms with van der Waals surface area (Å²) in [5.41, 5.74) is 6.97. The van der Waals surface area contributed by atoms with Crippen LogP contribution in [0.2, 0.25) is 0 Å². The van der Waals surface area contributed by atoms with Crippen LogP contribution in [0, 0.1) is 19.8 Å². The van der Waals surface area contributed by atoms with E-state index in [4.69, 9.17) is 0 Å². The minimum Gasteiger partial charge on any atom is -0.478 e. The summed E-state index contributed by atoms with van der Waals surface area (Å²) in [5, 5.41) is 10.6. The molecule has 3 aromatic rings. The average molecular weight is 405 g/mol. The van der Waals surface area contributed by atoms with Crippen LogP contribution in [0.1, 0.15) is 58.8 Å². The number of hydrogen-bond acceptors (Lipinski definition) is 2. The summed E-state index contributed by atoms with van der Waals surface area (Å²) < 4.78 is 0. The molecule has 2 atom stereocenters. The molecule has 2 unspecified atom stereocenters. The van der Waals surface area contributed by atoms with E-state index >= 15 is 0 Å². The maximum absolute atomic E-state index is 11.3. The van der Waals surface area contributed by atoms with Gasteiger partial charge in [0.1, 0.15) is 0 Å². The van der Waals surface area contributed by atoms with Crippen molar-refractivity contribution >= 4 is 16.9 Å². The van der Waals surface area contributed by atoms with Crippen molar-refractivity contribution in [2.75, 3.05) is 13.1 Å². The van der Waals surface area contributed by atoms with Gasteiger partial charge in [-0.1, -0.05) is 18.2 Å². The van der Waals surface area contributed by atoms with Crippen LogP contribution in [0.4, 0.5) is 0 Å². The molecular formula is C26H32N2O2. The van der Waals surface area contributed by atoms with Crippen LogP contribution in [-0.4, -0.2) is 40.1 Å². The normalized spacial score (nSPS) is 20.2. The Hall–Kier alpha value is -2.59. The van der Waals surface area contributed by atoms with Gasteiger partial charge in [-0.25, -0.2) is 4.79 Å². The van der Waals surface area contributed by atoms with Crippen LogP contribution in [0.15, 0.2) is 42.6 Å². The molecule has 158 valence electrons. The van der Waals surface area contributed by atoms with Gasteiger partial charge >= 0.3 is 5.97 Å². The monoisotopic (exact) mass is 404 g/mol. The SMILES string of the molecule is Cc1cc(C)c2[nH]ccc2c1CC1CCN(C(C)C)CC1c1ccc(C(=O)O)cc1. The van der Waals surface area contributed by atoms with E-state index in [9.17, 15) is 9.90 Å². The van der Waals surface area contributed by atoms with E-state index in [0.717, 1.165) is 25.9 Å². The first-order valence-corrected chi connectivity index (χ1v) is 11.0. The van der Waals surface area contributed by atoms with Crippen molar-refractivity contribution in [2.24, 2.45) is 5.92 Å². The Morgan fingerprint density at radius 1 is 1.17 bits per heavy atom. The minimum absolute atomic E-state index is 0.357. The first-order valence-electron chi connectivity index (χ1n) is 11.0. The molecular weight excluding hydrogens is 372 g/mol. The number of benzene rings is 2. The number of fused-ring (bicyclic) bond motifs is 1. The van der Waals surface area contributed by atoms with Crippen LogP contribution >= 0.6 is 0 Å². The molecule has 1 fully saturated rings. The lowest BCUT2D eigenvalue weighted by molar-refractivity contribution is 0.0697.